The highest BCUT2D eigenvalue weighted by atomic mass is 32.2. The first kappa shape index (κ1) is 12.1. The zero-order valence-electron chi connectivity index (χ0n) is 9.39. The fourth-order valence-corrected chi connectivity index (χ4v) is 4.59. The quantitative estimate of drug-likeness (QED) is 0.892. The molecule has 1 aromatic carbocycles. The average molecular weight is 255 g/mol. The van der Waals surface area contributed by atoms with Gasteiger partial charge < -0.3 is 5.73 Å². The molecule has 4 heteroatoms. The van der Waals surface area contributed by atoms with Crippen molar-refractivity contribution in [3.8, 4) is 0 Å². The largest absolute Gasteiger partial charge is 0.329 e. The smallest absolute Gasteiger partial charge is 0.0442 e. The monoisotopic (exact) mass is 255 g/mol. The van der Waals surface area contributed by atoms with E-state index in [1.165, 1.54) is 10.5 Å². The van der Waals surface area contributed by atoms with E-state index in [2.05, 4.69) is 24.3 Å². The number of thioether (sulfide) groups is 1. The second-order valence-corrected chi connectivity index (χ2v) is 7.39. The van der Waals surface area contributed by atoms with Crippen molar-refractivity contribution in [2.45, 2.75) is 28.7 Å². The lowest BCUT2D eigenvalue weighted by atomic mass is 10.1. The van der Waals surface area contributed by atoms with Gasteiger partial charge in [0.25, 0.3) is 0 Å². The summed E-state index contributed by atoms with van der Waals surface area (Å²) < 4.78 is 11.9. The highest BCUT2D eigenvalue weighted by molar-refractivity contribution is 8.01. The molecule has 88 valence electrons. The number of hydrogen-bond acceptors (Lipinski definition) is 3. The third-order valence-corrected chi connectivity index (χ3v) is 6.20. The van der Waals surface area contributed by atoms with Crippen molar-refractivity contribution in [2.24, 2.45) is 5.73 Å². The van der Waals surface area contributed by atoms with E-state index < -0.39 is 10.8 Å². The molecule has 0 spiro atoms. The van der Waals surface area contributed by atoms with Crippen LogP contribution in [-0.4, -0.2) is 27.0 Å². The minimum absolute atomic E-state index is 0.115. The normalized spacial score (nSPS) is 22.8. The molecule has 3 unspecified atom stereocenters. The molecule has 0 aliphatic carbocycles. The third-order valence-electron chi connectivity index (χ3n) is 2.84. The van der Waals surface area contributed by atoms with E-state index in [0.29, 0.717) is 11.8 Å². The van der Waals surface area contributed by atoms with Crippen molar-refractivity contribution in [3.63, 3.8) is 0 Å². The fraction of sp³-hybridized carbons (Fsp3) is 0.500. The SMILES string of the molecule is CC(CN)S(=O)CC1Cc2ccccc2S1. The zero-order valence-corrected chi connectivity index (χ0v) is 11.0. The minimum Gasteiger partial charge on any atom is -0.329 e. The van der Waals surface area contributed by atoms with Gasteiger partial charge in [-0.05, 0) is 25.0 Å². The van der Waals surface area contributed by atoms with Gasteiger partial charge in [-0.15, -0.1) is 11.8 Å². The lowest BCUT2D eigenvalue weighted by Crippen LogP contribution is -2.27. The Balaban J connectivity index is 1.95. The summed E-state index contributed by atoms with van der Waals surface area (Å²) in [5.74, 6) is 0.762. The molecule has 2 rings (SSSR count). The molecule has 0 bridgehead atoms. The molecule has 1 aliphatic heterocycles. The van der Waals surface area contributed by atoms with E-state index in [1.54, 1.807) is 0 Å². The maximum atomic E-state index is 11.9. The van der Waals surface area contributed by atoms with Crippen molar-refractivity contribution in [3.05, 3.63) is 29.8 Å². The van der Waals surface area contributed by atoms with Crippen molar-refractivity contribution in [1.82, 2.24) is 0 Å². The van der Waals surface area contributed by atoms with Crippen LogP contribution in [0.4, 0.5) is 0 Å². The lowest BCUT2D eigenvalue weighted by molar-refractivity contribution is 0.671. The summed E-state index contributed by atoms with van der Waals surface area (Å²) in [7, 11) is -0.789. The summed E-state index contributed by atoms with van der Waals surface area (Å²) in [4.78, 5) is 1.35. The van der Waals surface area contributed by atoms with Crippen LogP contribution in [0.2, 0.25) is 0 Å². The second-order valence-electron chi connectivity index (χ2n) is 4.15. The van der Waals surface area contributed by atoms with Crippen LogP contribution in [0.25, 0.3) is 0 Å². The summed E-state index contributed by atoms with van der Waals surface area (Å²) in [6, 6.07) is 8.45. The summed E-state index contributed by atoms with van der Waals surface area (Å²) >= 11 is 1.86. The Morgan fingerprint density at radius 1 is 1.56 bits per heavy atom. The van der Waals surface area contributed by atoms with Crippen LogP contribution >= 0.6 is 11.8 Å². The zero-order chi connectivity index (χ0) is 11.5. The maximum Gasteiger partial charge on any atom is 0.0442 e. The van der Waals surface area contributed by atoms with Gasteiger partial charge in [-0.3, -0.25) is 4.21 Å². The van der Waals surface area contributed by atoms with Crippen molar-refractivity contribution in [2.75, 3.05) is 12.3 Å². The van der Waals surface area contributed by atoms with Gasteiger partial charge in [0, 0.05) is 38.5 Å². The number of rotatable bonds is 4. The van der Waals surface area contributed by atoms with E-state index >= 15 is 0 Å². The number of nitrogens with two attached hydrogens (primary N) is 1. The van der Waals surface area contributed by atoms with Crippen LogP contribution in [0.5, 0.6) is 0 Å². The Kier molecular flexibility index (Phi) is 4.05. The Morgan fingerprint density at radius 2 is 2.31 bits per heavy atom. The molecule has 2 N–H and O–H groups in total. The molecule has 16 heavy (non-hydrogen) atoms. The highest BCUT2D eigenvalue weighted by Crippen LogP contribution is 2.37. The third kappa shape index (κ3) is 2.67. The summed E-state index contributed by atoms with van der Waals surface area (Å²) in [6.45, 7) is 2.47. The molecule has 0 radical (unpaired) electrons. The van der Waals surface area contributed by atoms with Crippen LogP contribution in [0.15, 0.2) is 29.2 Å². The van der Waals surface area contributed by atoms with E-state index in [1.807, 2.05) is 18.7 Å². The van der Waals surface area contributed by atoms with E-state index in [0.717, 1.165) is 12.2 Å². The van der Waals surface area contributed by atoms with Gasteiger partial charge in [-0.2, -0.15) is 0 Å². The van der Waals surface area contributed by atoms with Crippen molar-refractivity contribution in [1.29, 1.82) is 0 Å². The summed E-state index contributed by atoms with van der Waals surface area (Å²) in [5.41, 5.74) is 6.93. The molecule has 0 saturated heterocycles. The predicted octanol–water partition coefficient (Wildman–Crippen LogP) is 1.80. The van der Waals surface area contributed by atoms with E-state index in [4.69, 9.17) is 5.73 Å². The Bertz CT molecular complexity index is 369. The predicted molar refractivity (Wildman–Crippen MR) is 71.3 cm³/mol. The molecule has 0 saturated carbocycles. The van der Waals surface area contributed by atoms with Gasteiger partial charge in [0.2, 0.25) is 0 Å². The first-order valence-electron chi connectivity index (χ1n) is 5.52. The van der Waals surface area contributed by atoms with Crippen LogP contribution in [0.1, 0.15) is 12.5 Å². The summed E-state index contributed by atoms with van der Waals surface area (Å²) in [6.07, 6.45) is 1.05. The first-order chi connectivity index (χ1) is 7.70. The van der Waals surface area contributed by atoms with Crippen LogP contribution in [0.3, 0.4) is 0 Å². The Hall–Kier alpha value is -0.320. The Labute approximate surface area is 103 Å². The van der Waals surface area contributed by atoms with Gasteiger partial charge >= 0.3 is 0 Å². The second kappa shape index (κ2) is 5.34. The minimum atomic E-state index is -0.789. The number of hydrogen-bond donors (Lipinski definition) is 1. The summed E-state index contributed by atoms with van der Waals surface area (Å²) in [5, 5.41) is 0.580. The topological polar surface area (TPSA) is 43.1 Å². The molecule has 0 fully saturated rings. The average Bonchev–Trinajstić information content (AvgIpc) is 2.69. The first-order valence-corrected chi connectivity index (χ1v) is 7.78. The highest BCUT2D eigenvalue weighted by Gasteiger charge is 2.24. The number of benzene rings is 1. The van der Waals surface area contributed by atoms with Crippen LogP contribution in [0, 0.1) is 0 Å². The van der Waals surface area contributed by atoms with Gasteiger partial charge in [0.1, 0.15) is 0 Å². The molecule has 1 heterocycles. The van der Waals surface area contributed by atoms with Crippen molar-refractivity contribution < 1.29 is 4.21 Å². The van der Waals surface area contributed by atoms with Gasteiger partial charge in [-0.25, -0.2) is 0 Å². The molecule has 0 amide bonds. The van der Waals surface area contributed by atoms with Gasteiger partial charge in [0.15, 0.2) is 0 Å². The molecule has 0 aromatic heterocycles. The maximum absolute atomic E-state index is 11.9. The van der Waals surface area contributed by atoms with Crippen molar-refractivity contribution >= 4 is 22.6 Å². The van der Waals surface area contributed by atoms with Crippen LogP contribution < -0.4 is 5.73 Å². The number of fused-ring (bicyclic) bond motifs is 1. The standard InChI is InChI=1S/C12H17NOS2/c1-9(7-13)16(14)8-11-6-10-4-2-3-5-12(10)15-11/h2-5,9,11H,6-8,13H2,1H3. The lowest BCUT2D eigenvalue weighted by Gasteiger charge is -2.12. The molecule has 1 aliphatic rings. The molecular formula is C12H17NOS2. The van der Waals surface area contributed by atoms with Crippen LogP contribution in [-0.2, 0) is 17.2 Å². The molecule has 3 atom stereocenters. The molecular weight excluding hydrogens is 238 g/mol. The molecule has 2 nitrogen and oxygen atoms in total. The van der Waals surface area contributed by atoms with Gasteiger partial charge in [-0.1, -0.05) is 18.2 Å². The molecule has 1 aromatic rings. The van der Waals surface area contributed by atoms with E-state index in [9.17, 15) is 4.21 Å². The van der Waals surface area contributed by atoms with Gasteiger partial charge in [0.05, 0.1) is 0 Å². The Morgan fingerprint density at radius 3 is 3.00 bits per heavy atom. The van der Waals surface area contributed by atoms with E-state index in [-0.39, 0.29) is 5.25 Å². The fourth-order valence-electron chi connectivity index (χ4n) is 1.80.